The van der Waals surface area contributed by atoms with Crippen LogP contribution in [0.2, 0.25) is 0 Å². The zero-order valence-electron chi connectivity index (χ0n) is 22.7. The molecule has 0 bridgehead atoms. The Labute approximate surface area is 222 Å². The van der Waals surface area contributed by atoms with E-state index in [0.29, 0.717) is 25.8 Å². The first-order valence-electron chi connectivity index (χ1n) is 13.2. The van der Waals surface area contributed by atoms with Gasteiger partial charge in [-0.2, -0.15) is 0 Å². The molecule has 1 saturated heterocycles. The van der Waals surface area contributed by atoms with E-state index in [4.69, 9.17) is 4.74 Å². The van der Waals surface area contributed by atoms with Crippen molar-refractivity contribution < 1.29 is 24.2 Å². The first-order chi connectivity index (χ1) is 17.6. The van der Waals surface area contributed by atoms with Gasteiger partial charge in [-0.1, -0.05) is 63.3 Å². The van der Waals surface area contributed by atoms with Crippen LogP contribution in [0.15, 0.2) is 55.6 Å². The molecular formula is C30H44N2O5. The number of benzene rings is 1. The molecule has 0 aromatic heterocycles. The number of carbonyl (C=O) groups excluding carboxylic acids is 3. The van der Waals surface area contributed by atoms with E-state index in [-0.39, 0.29) is 54.8 Å². The molecule has 0 aliphatic carbocycles. The van der Waals surface area contributed by atoms with Gasteiger partial charge in [0.2, 0.25) is 11.8 Å². The summed E-state index contributed by atoms with van der Waals surface area (Å²) in [4.78, 5) is 40.8. The number of amides is 2. The molecule has 1 fully saturated rings. The molecule has 1 aliphatic rings. The van der Waals surface area contributed by atoms with Crippen LogP contribution in [0, 0.1) is 17.3 Å². The highest BCUT2D eigenvalue weighted by atomic mass is 16.5. The van der Waals surface area contributed by atoms with Gasteiger partial charge in [0.25, 0.3) is 0 Å². The number of aliphatic hydroxyl groups excluding tert-OH is 1. The lowest BCUT2D eigenvalue weighted by Crippen LogP contribution is -2.50. The molecule has 7 nitrogen and oxygen atoms in total. The third kappa shape index (κ3) is 9.47. The average Bonchev–Trinajstić information content (AvgIpc) is 3.35. The molecule has 1 aromatic carbocycles. The molecule has 1 aromatic rings. The van der Waals surface area contributed by atoms with Gasteiger partial charge in [-0.05, 0) is 43.1 Å². The van der Waals surface area contributed by atoms with Gasteiger partial charge in [0.1, 0.15) is 6.61 Å². The Balaban J connectivity index is 2.04. The van der Waals surface area contributed by atoms with E-state index in [1.54, 1.807) is 17.1 Å². The smallest absolute Gasteiger partial charge is 0.309 e. The summed E-state index contributed by atoms with van der Waals surface area (Å²) >= 11 is 0. The quantitative estimate of drug-likeness (QED) is 0.290. The summed E-state index contributed by atoms with van der Waals surface area (Å²) < 4.78 is 5.72. The molecule has 4 atom stereocenters. The number of hydrogen-bond acceptors (Lipinski definition) is 5. The number of carbonyl (C=O) groups is 3. The Morgan fingerprint density at radius 3 is 2.38 bits per heavy atom. The summed E-state index contributed by atoms with van der Waals surface area (Å²) in [5.41, 5.74) is 0.661. The highest BCUT2D eigenvalue weighted by molar-refractivity contribution is 5.86. The van der Waals surface area contributed by atoms with Gasteiger partial charge in [-0.3, -0.25) is 14.4 Å². The SMILES string of the molecule is C=CC[C@H](CC(=O)N1CCC[C@H]1CO)C(=O)N[C@H](COC(=O)[C@@H](CC=C)Cc1ccccc1)C(C)(C)C. The summed E-state index contributed by atoms with van der Waals surface area (Å²) in [6, 6.07) is 9.15. The van der Waals surface area contributed by atoms with Crippen molar-refractivity contribution in [2.24, 2.45) is 17.3 Å². The third-order valence-corrected chi connectivity index (χ3v) is 7.01. The molecule has 0 saturated carbocycles. The van der Waals surface area contributed by atoms with Crippen molar-refractivity contribution in [1.82, 2.24) is 10.2 Å². The van der Waals surface area contributed by atoms with Gasteiger partial charge in [-0.25, -0.2) is 0 Å². The van der Waals surface area contributed by atoms with Gasteiger partial charge in [0.05, 0.1) is 30.5 Å². The van der Waals surface area contributed by atoms with Gasteiger partial charge in [0, 0.05) is 13.0 Å². The van der Waals surface area contributed by atoms with E-state index in [9.17, 15) is 19.5 Å². The Hall–Kier alpha value is -2.93. The predicted octanol–water partition coefficient (Wildman–Crippen LogP) is 4.06. The number of allylic oxidation sites excluding steroid dienone is 2. The molecule has 0 spiro atoms. The van der Waals surface area contributed by atoms with Crippen molar-refractivity contribution >= 4 is 17.8 Å². The number of aliphatic hydroxyl groups is 1. The normalized spacial score (nSPS) is 17.9. The lowest BCUT2D eigenvalue weighted by atomic mass is 9.86. The predicted molar refractivity (Wildman–Crippen MR) is 146 cm³/mol. The summed E-state index contributed by atoms with van der Waals surface area (Å²) in [7, 11) is 0. The number of ether oxygens (including phenoxy) is 1. The van der Waals surface area contributed by atoms with Crippen LogP contribution in [-0.2, 0) is 25.5 Å². The van der Waals surface area contributed by atoms with Crippen LogP contribution in [0.3, 0.4) is 0 Å². The highest BCUT2D eigenvalue weighted by Gasteiger charge is 2.34. The number of rotatable bonds is 14. The Kier molecular flexibility index (Phi) is 12.1. The van der Waals surface area contributed by atoms with Crippen molar-refractivity contribution in [2.45, 2.75) is 71.4 Å². The lowest BCUT2D eigenvalue weighted by molar-refractivity contribution is -0.151. The number of nitrogens with one attached hydrogen (secondary N) is 1. The second-order valence-corrected chi connectivity index (χ2v) is 11.0. The molecule has 1 heterocycles. The van der Waals surface area contributed by atoms with Crippen LogP contribution in [-0.4, -0.2) is 59.6 Å². The number of likely N-dealkylation sites (tertiary alicyclic amines) is 1. The molecule has 0 unspecified atom stereocenters. The first kappa shape index (κ1) is 30.3. The fraction of sp³-hybridized carbons (Fsp3) is 0.567. The standard InChI is InChI=1S/C30H44N2O5/c1-6-12-23(19-27(34)32-17-11-16-25(32)20-33)28(35)31-26(30(3,4)5)21-37-29(36)24(13-7-2)18-22-14-9-8-10-15-22/h6-10,14-15,23-26,33H,1-2,11-13,16-21H2,3-5H3,(H,31,35)/t23-,24+,25+,26-/m1/s1. The second kappa shape index (κ2) is 14.7. The number of nitrogens with zero attached hydrogens (tertiary/aromatic N) is 1. The fourth-order valence-electron chi connectivity index (χ4n) is 4.61. The molecular weight excluding hydrogens is 468 g/mol. The highest BCUT2D eigenvalue weighted by Crippen LogP contribution is 2.24. The first-order valence-corrected chi connectivity index (χ1v) is 13.2. The largest absolute Gasteiger partial charge is 0.463 e. The van der Waals surface area contributed by atoms with Crippen molar-refractivity contribution in [3.8, 4) is 0 Å². The van der Waals surface area contributed by atoms with Crippen molar-refractivity contribution in [2.75, 3.05) is 19.8 Å². The van der Waals surface area contributed by atoms with Crippen LogP contribution in [0.1, 0.15) is 58.4 Å². The van der Waals surface area contributed by atoms with E-state index in [1.165, 1.54) is 0 Å². The summed E-state index contributed by atoms with van der Waals surface area (Å²) in [6.07, 6.45) is 6.42. The lowest BCUT2D eigenvalue weighted by Gasteiger charge is -2.33. The van der Waals surface area contributed by atoms with Crippen LogP contribution in [0.5, 0.6) is 0 Å². The molecule has 204 valence electrons. The zero-order valence-corrected chi connectivity index (χ0v) is 22.7. The van der Waals surface area contributed by atoms with Gasteiger partial charge < -0.3 is 20.1 Å². The van der Waals surface area contributed by atoms with Crippen LogP contribution < -0.4 is 5.32 Å². The maximum absolute atomic E-state index is 13.3. The van der Waals surface area contributed by atoms with Gasteiger partial charge >= 0.3 is 5.97 Å². The van der Waals surface area contributed by atoms with Crippen molar-refractivity contribution in [3.63, 3.8) is 0 Å². The molecule has 2 N–H and O–H groups in total. The minimum absolute atomic E-state index is 0.0317. The van der Waals surface area contributed by atoms with Gasteiger partial charge in [-0.15, -0.1) is 13.2 Å². The minimum Gasteiger partial charge on any atom is -0.463 e. The van der Waals surface area contributed by atoms with Gasteiger partial charge in [0.15, 0.2) is 0 Å². The van der Waals surface area contributed by atoms with E-state index in [0.717, 1.165) is 18.4 Å². The number of esters is 1. The molecule has 1 aliphatic heterocycles. The molecule has 7 heteroatoms. The number of hydrogen-bond donors (Lipinski definition) is 2. The molecule has 37 heavy (non-hydrogen) atoms. The Bertz CT molecular complexity index is 908. The fourth-order valence-corrected chi connectivity index (χ4v) is 4.61. The second-order valence-electron chi connectivity index (χ2n) is 11.0. The van der Waals surface area contributed by atoms with Crippen LogP contribution in [0.25, 0.3) is 0 Å². The Morgan fingerprint density at radius 1 is 1.14 bits per heavy atom. The van der Waals surface area contributed by atoms with Crippen molar-refractivity contribution in [3.05, 3.63) is 61.2 Å². The summed E-state index contributed by atoms with van der Waals surface area (Å²) in [6.45, 7) is 14.0. The minimum atomic E-state index is -0.586. The molecule has 2 rings (SSSR count). The zero-order chi connectivity index (χ0) is 27.4. The summed E-state index contributed by atoms with van der Waals surface area (Å²) in [5.74, 6) is -1.67. The summed E-state index contributed by atoms with van der Waals surface area (Å²) in [5, 5.41) is 12.6. The van der Waals surface area contributed by atoms with E-state index in [2.05, 4.69) is 18.5 Å². The Morgan fingerprint density at radius 2 is 1.78 bits per heavy atom. The van der Waals surface area contributed by atoms with Crippen LogP contribution >= 0.6 is 0 Å². The average molecular weight is 513 g/mol. The van der Waals surface area contributed by atoms with E-state index >= 15 is 0 Å². The third-order valence-electron chi connectivity index (χ3n) is 7.01. The topological polar surface area (TPSA) is 95.9 Å². The molecule has 0 radical (unpaired) electrons. The van der Waals surface area contributed by atoms with Crippen molar-refractivity contribution in [1.29, 1.82) is 0 Å². The van der Waals surface area contributed by atoms with Crippen LogP contribution in [0.4, 0.5) is 0 Å². The maximum atomic E-state index is 13.3. The monoisotopic (exact) mass is 512 g/mol. The molecule has 2 amide bonds. The van der Waals surface area contributed by atoms with E-state index < -0.39 is 12.0 Å². The van der Waals surface area contributed by atoms with E-state index in [1.807, 2.05) is 51.1 Å². The maximum Gasteiger partial charge on any atom is 0.309 e.